The number of nitrogens with one attached hydrogen (secondary N) is 2. The molecule has 2 amide bonds. The highest BCUT2D eigenvalue weighted by Gasteiger charge is 2.23. The normalized spacial score (nSPS) is 14.4. The number of fused-ring (bicyclic) bond motifs is 3. The number of nitrogens with zero attached hydrogens (tertiary/aromatic N) is 6. The molecule has 0 spiro atoms. The maximum absolute atomic E-state index is 13.0. The van der Waals surface area contributed by atoms with Gasteiger partial charge in [0.1, 0.15) is 5.49 Å². The third kappa shape index (κ3) is 5.76. The van der Waals surface area contributed by atoms with Gasteiger partial charge >= 0.3 is 0 Å². The Morgan fingerprint density at radius 2 is 1.63 bits per heavy atom. The van der Waals surface area contributed by atoms with Gasteiger partial charge in [0, 0.05) is 61.5 Å². The molecule has 0 bridgehead atoms. The van der Waals surface area contributed by atoms with Gasteiger partial charge in [0.2, 0.25) is 11.9 Å². The lowest BCUT2D eigenvalue weighted by atomic mass is 9.89. The van der Waals surface area contributed by atoms with Crippen LogP contribution in [0.1, 0.15) is 21.5 Å². The van der Waals surface area contributed by atoms with Gasteiger partial charge in [-0.25, -0.2) is 14.6 Å². The highest BCUT2D eigenvalue weighted by atomic mass is 16.2. The average molecular weight is 547 g/mol. The van der Waals surface area contributed by atoms with Crippen LogP contribution in [0.4, 0.5) is 11.6 Å². The van der Waals surface area contributed by atoms with Gasteiger partial charge in [0.25, 0.3) is 5.91 Å². The molecule has 0 radical (unpaired) electrons. The van der Waals surface area contributed by atoms with Crippen LogP contribution >= 0.6 is 0 Å². The molecule has 10 heteroatoms. The van der Waals surface area contributed by atoms with Gasteiger partial charge in [0.05, 0.1) is 12.2 Å². The second-order valence-corrected chi connectivity index (χ2v) is 10.0. The van der Waals surface area contributed by atoms with E-state index < -0.39 is 0 Å². The average Bonchev–Trinajstić information content (AvgIpc) is 3.02. The van der Waals surface area contributed by atoms with Crippen molar-refractivity contribution in [1.29, 1.82) is 5.41 Å². The van der Waals surface area contributed by atoms with Gasteiger partial charge in [-0.05, 0) is 60.4 Å². The third-order valence-electron chi connectivity index (χ3n) is 7.40. The lowest BCUT2D eigenvalue weighted by molar-refractivity contribution is -0.111. The molecule has 2 N–H and O–H groups in total. The number of hydrogen-bond donors (Lipinski definition) is 2. The number of aryl methyl sites for hydroxylation is 2. The quantitative estimate of drug-likeness (QED) is 0.359. The number of rotatable bonds is 6. The largest absolute Gasteiger partial charge is 0.337 e. The molecule has 2 aliphatic rings. The summed E-state index contributed by atoms with van der Waals surface area (Å²) < 4.78 is 1.60. The maximum atomic E-state index is 13.0. The molecule has 1 saturated heterocycles. The zero-order valence-electron chi connectivity index (χ0n) is 22.5. The second-order valence-electron chi connectivity index (χ2n) is 10.0. The molecule has 1 fully saturated rings. The summed E-state index contributed by atoms with van der Waals surface area (Å²) in [6.45, 7) is 2.82. The van der Waals surface area contributed by atoms with Crippen molar-refractivity contribution in [3.63, 3.8) is 0 Å². The smallest absolute Gasteiger partial charge is 0.253 e. The summed E-state index contributed by atoms with van der Waals surface area (Å²) in [5.74, 6) is 0.343. The fourth-order valence-electron chi connectivity index (χ4n) is 5.23. The zero-order chi connectivity index (χ0) is 28.2. The van der Waals surface area contributed by atoms with Crippen molar-refractivity contribution >= 4 is 23.5 Å². The first-order valence-corrected chi connectivity index (χ1v) is 13.7. The fraction of sp³-hybridized carbons (Fsp3) is 0.226. The predicted octanol–water partition coefficient (Wildman–Crippen LogP) is 3.08. The van der Waals surface area contributed by atoms with Gasteiger partial charge in [-0.15, -0.1) is 0 Å². The lowest BCUT2D eigenvalue weighted by Crippen LogP contribution is -2.49. The van der Waals surface area contributed by atoms with Crippen LogP contribution in [0.5, 0.6) is 0 Å². The van der Waals surface area contributed by atoms with Crippen molar-refractivity contribution < 1.29 is 9.59 Å². The van der Waals surface area contributed by atoms with Crippen LogP contribution in [0.2, 0.25) is 0 Å². The summed E-state index contributed by atoms with van der Waals surface area (Å²) in [6.07, 6.45) is 8.39. The second kappa shape index (κ2) is 11.5. The molecule has 41 heavy (non-hydrogen) atoms. The van der Waals surface area contributed by atoms with E-state index in [0.29, 0.717) is 55.4 Å². The van der Waals surface area contributed by atoms with Crippen LogP contribution in [-0.4, -0.2) is 62.6 Å². The number of carbonyl (C=O) groups is 2. The van der Waals surface area contributed by atoms with Crippen LogP contribution in [0.3, 0.4) is 0 Å². The number of anilines is 2. The molecule has 10 nitrogen and oxygen atoms in total. The van der Waals surface area contributed by atoms with Gasteiger partial charge in [0.15, 0.2) is 0 Å². The van der Waals surface area contributed by atoms with E-state index in [1.54, 1.807) is 53.5 Å². The number of benzene rings is 2. The monoisotopic (exact) mass is 546 g/mol. The van der Waals surface area contributed by atoms with Crippen molar-refractivity contribution in [1.82, 2.24) is 24.6 Å². The summed E-state index contributed by atoms with van der Waals surface area (Å²) in [6, 6.07) is 18.8. The van der Waals surface area contributed by atoms with Crippen LogP contribution in [-0.2, 0) is 24.2 Å². The molecule has 0 unspecified atom stereocenters. The molecule has 2 aromatic heterocycles. The lowest BCUT2D eigenvalue weighted by Gasteiger charge is -2.34. The fourth-order valence-corrected chi connectivity index (χ4v) is 5.23. The Bertz CT molecular complexity index is 1660. The van der Waals surface area contributed by atoms with E-state index in [9.17, 15) is 9.59 Å². The molecule has 206 valence electrons. The summed E-state index contributed by atoms with van der Waals surface area (Å²) >= 11 is 0. The van der Waals surface area contributed by atoms with E-state index in [-0.39, 0.29) is 11.8 Å². The van der Waals surface area contributed by atoms with Gasteiger partial charge in [-0.1, -0.05) is 30.3 Å². The molecule has 0 saturated carbocycles. The highest BCUT2D eigenvalue weighted by Crippen LogP contribution is 2.30. The minimum Gasteiger partial charge on any atom is -0.337 e. The van der Waals surface area contributed by atoms with Crippen LogP contribution in [0.15, 0.2) is 85.2 Å². The van der Waals surface area contributed by atoms with Crippen LogP contribution in [0, 0.1) is 5.41 Å². The van der Waals surface area contributed by atoms with E-state index >= 15 is 0 Å². The highest BCUT2D eigenvalue weighted by molar-refractivity contribution is 6.00. The molecule has 6 rings (SSSR count). The third-order valence-corrected chi connectivity index (χ3v) is 7.40. The number of amides is 2. The summed E-state index contributed by atoms with van der Waals surface area (Å²) in [5.41, 5.74) is 5.83. The Hall–Kier alpha value is -5.12. The molecular weight excluding hydrogens is 516 g/mol. The van der Waals surface area contributed by atoms with Crippen LogP contribution in [0.25, 0.3) is 11.3 Å². The Morgan fingerprint density at radius 3 is 2.41 bits per heavy atom. The molecule has 1 aliphatic carbocycles. The standard InChI is InChI=1S/C31H30N8O2/c32-27-21-24-9-8-22-5-1-2-6-26(22)29(24)36-39(27)16-3-7-28(40)35-25-12-10-23(11-13-25)30(41)37-17-19-38(20-18-37)31-33-14-4-15-34-31/h1-7,10-15,21,32H,8-9,16-20H2,(H,35,40). The predicted molar refractivity (Wildman–Crippen MR) is 155 cm³/mol. The molecule has 4 aromatic rings. The number of carbonyl (C=O) groups excluding carboxylic acids is 2. The minimum absolute atomic E-state index is 0.0419. The van der Waals surface area contributed by atoms with Crippen molar-refractivity contribution in [2.45, 2.75) is 19.4 Å². The van der Waals surface area contributed by atoms with E-state index in [1.165, 1.54) is 11.6 Å². The number of hydrogen-bond acceptors (Lipinski definition) is 7. The summed E-state index contributed by atoms with van der Waals surface area (Å²) in [7, 11) is 0. The zero-order valence-corrected chi connectivity index (χ0v) is 22.5. The van der Waals surface area contributed by atoms with Crippen molar-refractivity contribution in [2.75, 3.05) is 36.4 Å². The Balaban J connectivity index is 1.03. The Labute approximate surface area is 237 Å². The van der Waals surface area contributed by atoms with Crippen molar-refractivity contribution in [3.8, 4) is 11.3 Å². The first-order chi connectivity index (χ1) is 20.0. The van der Waals surface area contributed by atoms with Gasteiger partial charge in [-0.2, -0.15) is 5.10 Å². The molecular formula is C31H30N8O2. The summed E-state index contributed by atoms with van der Waals surface area (Å²) in [5, 5.41) is 15.9. The van der Waals surface area contributed by atoms with Crippen LogP contribution < -0.4 is 15.7 Å². The van der Waals surface area contributed by atoms with Gasteiger partial charge in [-0.3, -0.25) is 15.0 Å². The number of aromatic nitrogens is 4. The van der Waals surface area contributed by atoms with E-state index in [1.807, 2.05) is 23.1 Å². The minimum atomic E-state index is -0.293. The van der Waals surface area contributed by atoms with E-state index in [2.05, 4.69) is 32.3 Å². The Kier molecular flexibility index (Phi) is 7.36. The molecule has 1 aliphatic heterocycles. The number of allylic oxidation sites excluding steroid dienone is 1. The maximum Gasteiger partial charge on any atom is 0.253 e. The summed E-state index contributed by atoms with van der Waals surface area (Å²) in [4.78, 5) is 38.0. The molecule has 2 aromatic carbocycles. The number of piperazine rings is 1. The van der Waals surface area contributed by atoms with Crippen molar-refractivity contribution in [3.05, 3.63) is 107 Å². The van der Waals surface area contributed by atoms with Crippen molar-refractivity contribution in [2.24, 2.45) is 0 Å². The molecule has 3 heterocycles. The van der Waals surface area contributed by atoms with Gasteiger partial charge < -0.3 is 15.1 Å². The first-order valence-electron chi connectivity index (χ1n) is 13.7. The first kappa shape index (κ1) is 26.1. The van der Waals surface area contributed by atoms with E-state index in [4.69, 9.17) is 10.5 Å². The van der Waals surface area contributed by atoms with E-state index in [0.717, 1.165) is 29.7 Å². The molecule has 0 atom stereocenters. The Morgan fingerprint density at radius 1 is 0.902 bits per heavy atom. The topological polar surface area (TPSA) is 120 Å². The SMILES string of the molecule is N=c1cc2c(nn1CC=CC(=O)Nc1ccc(C(=O)N3CCN(c4ncccn4)CC3)cc1)-c1ccccc1CC2.